The molecule has 1 amide bonds. The molecule has 1 aromatic rings. The van der Waals surface area contributed by atoms with Gasteiger partial charge in [-0.1, -0.05) is 17.7 Å². The molecule has 4 heteroatoms. The lowest BCUT2D eigenvalue weighted by Gasteiger charge is -2.17. The number of benzene rings is 1. The van der Waals surface area contributed by atoms with Gasteiger partial charge in [-0.3, -0.25) is 4.79 Å². The maximum atomic E-state index is 10.7. The second-order valence-electron chi connectivity index (χ2n) is 4.14. The summed E-state index contributed by atoms with van der Waals surface area (Å²) in [5, 5.41) is 3.25. The van der Waals surface area contributed by atoms with Gasteiger partial charge in [0.05, 0.1) is 7.11 Å². The number of primary amides is 1. The number of amides is 1. The molecule has 0 radical (unpaired) electrons. The first kappa shape index (κ1) is 13.5. The van der Waals surface area contributed by atoms with Crippen molar-refractivity contribution in [1.82, 2.24) is 5.32 Å². The molecule has 1 rings (SSSR count). The van der Waals surface area contributed by atoms with E-state index in [1.807, 2.05) is 26.0 Å². The Kier molecular flexibility index (Phi) is 4.97. The Balaban J connectivity index is 2.69. The monoisotopic (exact) mass is 236 g/mol. The minimum atomic E-state index is -0.291. The quantitative estimate of drug-likeness (QED) is 0.787. The van der Waals surface area contributed by atoms with Crippen LogP contribution < -0.4 is 15.8 Å². The largest absolute Gasteiger partial charge is 0.496 e. The summed E-state index contributed by atoms with van der Waals surface area (Å²) in [7, 11) is 1.66. The number of carbonyl (C=O) groups is 1. The van der Waals surface area contributed by atoms with E-state index < -0.39 is 0 Å². The van der Waals surface area contributed by atoms with Crippen LogP contribution in [0.3, 0.4) is 0 Å². The topological polar surface area (TPSA) is 64.3 Å². The lowest BCUT2D eigenvalue weighted by atomic mass is 10.0. The third-order valence-electron chi connectivity index (χ3n) is 2.67. The van der Waals surface area contributed by atoms with Gasteiger partial charge in [-0.15, -0.1) is 0 Å². The van der Waals surface area contributed by atoms with Gasteiger partial charge in [0.25, 0.3) is 0 Å². The number of rotatable bonds is 6. The van der Waals surface area contributed by atoms with Crippen LogP contribution >= 0.6 is 0 Å². The van der Waals surface area contributed by atoms with Crippen LogP contribution in [0.5, 0.6) is 5.75 Å². The van der Waals surface area contributed by atoms with Gasteiger partial charge in [-0.25, -0.2) is 0 Å². The van der Waals surface area contributed by atoms with Gasteiger partial charge in [0, 0.05) is 24.6 Å². The van der Waals surface area contributed by atoms with Crippen LogP contribution in [-0.2, 0) is 4.79 Å². The van der Waals surface area contributed by atoms with Gasteiger partial charge in [0.15, 0.2) is 0 Å². The van der Waals surface area contributed by atoms with E-state index in [0.29, 0.717) is 13.0 Å². The molecule has 1 unspecified atom stereocenters. The Morgan fingerprint density at radius 3 is 2.82 bits per heavy atom. The molecule has 3 N–H and O–H groups in total. The summed E-state index contributed by atoms with van der Waals surface area (Å²) in [5.74, 6) is 0.565. The highest BCUT2D eigenvalue weighted by Gasteiger charge is 2.11. The molecule has 0 saturated heterocycles. The third kappa shape index (κ3) is 4.07. The van der Waals surface area contributed by atoms with Crippen molar-refractivity contribution >= 4 is 5.91 Å². The fraction of sp³-hybridized carbons (Fsp3) is 0.462. The van der Waals surface area contributed by atoms with E-state index in [2.05, 4.69) is 11.4 Å². The lowest BCUT2D eigenvalue weighted by Crippen LogP contribution is -2.24. The van der Waals surface area contributed by atoms with Gasteiger partial charge in [0.2, 0.25) is 5.91 Å². The number of nitrogens with one attached hydrogen (secondary N) is 1. The molecule has 0 aromatic heterocycles. The minimum Gasteiger partial charge on any atom is -0.496 e. The van der Waals surface area contributed by atoms with Crippen molar-refractivity contribution in [2.24, 2.45) is 5.73 Å². The van der Waals surface area contributed by atoms with Crippen LogP contribution in [0.25, 0.3) is 0 Å². The Bertz CT molecular complexity index is 391. The first-order chi connectivity index (χ1) is 8.04. The SMILES string of the molecule is COc1ccc(C)cc1C(C)NCCC(N)=O. The highest BCUT2D eigenvalue weighted by molar-refractivity contribution is 5.73. The number of methoxy groups -OCH3 is 1. The summed E-state index contributed by atoms with van der Waals surface area (Å²) in [5.41, 5.74) is 7.37. The molecule has 0 bridgehead atoms. The number of nitrogens with two attached hydrogens (primary N) is 1. The van der Waals surface area contributed by atoms with E-state index in [1.54, 1.807) is 7.11 Å². The molecule has 0 fully saturated rings. The first-order valence-electron chi connectivity index (χ1n) is 5.71. The fourth-order valence-corrected chi connectivity index (χ4v) is 1.71. The summed E-state index contributed by atoms with van der Waals surface area (Å²) in [6.07, 6.45) is 0.346. The van der Waals surface area contributed by atoms with E-state index in [1.165, 1.54) is 5.56 Å². The fourth-order valence-electron chi connectivity index (χ4n) is 1.71. The van der Waals surface area contributed by atoms with Gasteiger partial charge in [-0.05, 0) is 19.9 Å². The number of aryl methyl sites for hydroxylation is 1. The first-order valence-corrected chi connectivity index (χ1v) is 5.71. The predicted molar refractivity (Wildman–Crippen MR) is 68.0 cm³/mol. The van der Waals surface area contributed by atoms with Gasteiger partial charge < -0.3 is 15.8 Å². The molecule has 0 heterocycles. The van der Waals surface area contributed by atoms with E-state index >= 15 is 0 Å². The molecule has 0 aliphatic rings. The molecule has 0 aliphatic carbocycles. The molecule has 1 aromatic carbocycles. The second kappa shape index (κ2) is 6.25. The zero-order chi connectivity index (χ0) is 12.8. The molecule has 0 spiro atoms. The number of carbonyl (C=O) groups excluding carboxylic acids is 1. The zero-order valence-corrected chi connectivity index (χ0v) is 10.6. The van der Waals surface area contributed by atoms with Crippen molar-refractivity contribution in [2.75, 3.05) is 13.7 Å². The van der Waals surface area contributed by atoms with Crippen LogP contribution in [0, 0.1) is 6.92 Å². The Labute approximate surface area is 102 Å². The number of hydrogen-bond donors (Lipinski definition) is 2. The number of hydrogen-bond acceptors (Lipinski definition) is 3. The molecule has 4 nitrogen and oxygen atoms in total. The lowest BCUT2D eigenvalue weighted by molar-refractivity contribution is -0.117. The molecule has 17 heavy (non-hydrogen) atoms. The molecule has 0 aliphatic heterocycles. The van der Waals surface area contributed by atoms with E-state index in [-0.39, 0.29) is 11.9 Å². The van der Waals surface area contributed by atoms with Crippen LogP contribution in [0.2, 0.25) is 0 Å². The smallest absolute Gasteiger partial charge is 0.218 e. The highest BCUT2D eigenvalue weighted by Crippen LogP contribution is 2.25. The van der Waals surface area contributed by atoms with E-state index in [4.69, 9.17) is 10.5 Å². The molecule has 94 valence electrons. The average Bonchev–Trinajstić information content (AvgIpc) is 2.28. The van der Waals surface area contributed by atoms with Crippen molar-refractivity contribution in [3.05, 3.63) is 29.3 Å². The maximum absolute atomic E-state index is 10.7. The average molecular weight is 236 g/mol. The van der Waals surface area contributed by atoms with Crippen molar-refractivity contribution < 1.29 is 9.53 Å². The van der Waals surface area contributed by atoms with Crippen LogP contribution in [0.15, 0.2) is 18.2 Å². The summed E-state index contributed by atoms with van der Waals surface area (Å²) in [4.78, 5) is 10.7. The number of ether oxygens (including phenoxy) is 1. The van der Waals surface area contributed by atoms with Crippen LogP contribution in [0.4, 0.5) is 0 Å². The standard InChI is InChI=1S/C13H20N2O2/c1-9-4-5-12(17-3)11(8-9)10(2)15-7-6-13(14)16/h4-5,8,10,15H,6-7H2,1-3H3,(H2,14,16). The van der Waals surface area contributed by atoms with Gasteiger partial charge in [-0.2, -0.15) is 0 Å². The summed E-state index contributed by atoms with van der Waals surface area (Å²) < 4.78 is 5.32. The van der Waals surface area contributed by atoms with Gasteiger partial charge >= 0.3 is 0 Å². The maximum Gasteiger partial charge on any atom is 0.218 e. The van der Waals surface area contributed by atoms with Crippen molar-refractivity contribution in [2.45, 2.75) is 26.3 Å². The second-order valence-corrected chi connectivity index (χ2v) is 4.14. The Hall–Kier alpha value is -1.55. The third-order valence-corrected chi connectivity index (χ3v) is 2.67. The van der Waals surface area contributed by atoms with E-state index in [0.717, 1.165) is 11.3 Å². The van der Waals surface area contributed by atoms with Crippen molar-refractivity contribution in [3.8, 4) is 5.75 Å². The molecule has 1 atom stereocenters. The normalized spacial score (nSPS) is 12.2. The molecule has 0 saturated carbocycles. The highest BCUT2D eigenvalue weighted by atomic mass is 16.5. The van der Waals surface area contributed by atoms with Crippen LogP contribution in [0.1, 0.15) is 30.5 Å². The van der Waals surface area contributed by atoms with Crippen molar-refractivity contribution in [1.29, 1.82) is 0 Å². The van der Waals surface area contributed by atoms with Crippen molar-refractivity contribution in [3.63, 3.8) is 0 Å². The zero-order valence-electron chi connectivity index (χ0n) is 10.6. The minimum absolute atomic E-state index is 0.129. The van der Waals surface area contributed by atoms with Crippen LogP contribution in [-0.4, -0.2) is 19.6 Å². The predicted octanol–water partition coefficient (Wildman–Crippen LogP) is 1.53. The molecular weight excluding hydrogens is 216 g/mol. The Morgan fingerprint density at radius 2 is 2.24 bits per heavy atom. The summed E-state index contributed by atoms with van der Waals surface area (Å²) in [6, 6.07) is 6.18. The Morgan fingerprint density at radius 1 is 1.53 bits per heavy atom. The van der Waals surface area contributed by atoms with E-state index in [9.17, 15) is 4.79 Å². The summed E-state index contributed by atoms with van der Waals surface area (Å²) >= 11 is 0. The molecular formula is C13H20N2O2. The summed E-state index contributed by atoms with van der Waals surface area (Å²) in [6.45, 7) is 4.66. The van der Waals surface area contributed by atoms with Gasteiger partial charge in [0.1, 0.15) is 5.75 Å².